The van der Waals surface area contributed by atoms with Crippen molar-refractivity contribution in [3.63, 3.8) is 0 Å². The third-order valence-corrected chi connectivity index (χ3v) is 5.01. The zero-order chi connectivity index (χ0) is 18.8. The highest BCUT2D eigenvalue weighted by Gasteiger charge is 2.19. The lowest BCUT2D eigenvalue weighted by molar-refractivity contribution is 0.0303. The number of rotatable bonds is 3. The highest BCUT2D eigenvalue weighted by molar-refractivity contribution is 6.10. The van der Waals surface area contributed by atoms with Crippen molar-refractivity contribution in [3.8, 4) is 0 Å². The molecule has 0 aliphatic carbocycles. The number of amides is 1. The van der Waals surface area contributed by atoms with Crippen molar-refractivity contribution >= 4 is 28.2 Å². The lowest BCUT2D eigenvalue weighted by Crippen LogP contribution is -2.40. The summed E-state index contributed by atoms with van der Waals surface area (Å²) in [6, 6.07) is 13.9. The number of H-pyrrole nitrogens is 1. The van der Waals surface area contributed by atoms with E-state index in [0.29, 0.717) is 31.9 Å². The first-order valence-electron chi connectivity index (χ1n) is 9.23. The molecular formula is C22H23N3O2. The average Bonchev–Trinajstić information content (AvgIpc) is 3.14. The van der Waals surface area contributed by atoms with E-state index in [1.54, 1.807) is 0 Å². The maximum Gasteiger partial charge on any atom is 0.254 e. The monoisotopic (exact) mass is 361 g/mol. The van der Waals surface area contributed by atoms with Gasteiger partial charge in [-0.15, -0.1) is 0 Å². The molecule has 0 bridgehead atoms. The van der Waals surface area contributed by atoms with Crippen LogP contribution >= 0.6 is 0 Å². The fourth-order valence-corrected chi connectivity index (χ4v) is 3.47. The number of hydrogen-bond acceptors (Lipinski definition) is 3. The van der Waals surface area contributed by atoms with Gasteiger partial charge in [-0.25, -0.2) is 0 Å². The quantitative estimate of drug-likeness (QED) is 0.715. The minimum Gasteiger partial charge on any atom is -0.378 e. The van der Waals surface area contributed by atoms with Gasteiger partial charge in [0.05, 0.1) is 18.9 Å². The van der Waals surface area contributed by atoms with Crippen LogP contribution in [0.15, 0.2) is 53.7 Å². The smallest absolute Gasteiger partial charge is 0.254 e. The number of para-hydroxylation sites is 1. The van der Waals surface area contributed by atoms with Gasteiger partial charge in [0.15, 0.2) is 0 Å². The molecule has 0 radical (unpaired) electrons. The fraction of sp³-hybridized carbons (Fsp3) is 0.273. The Hall–Kier alpha value is -2.92. The van der Waals surface area contributed by atoms with Gasteiger partial charge in [0.1, 0.15) is 0 Å². The second-order valence-corrected chi connectivity index (χ2v) is 6.85. The molecule has 4 rings (SSSR count). The Bertz CT molecular complexity index is 1010. The zero-order valence-corrected chi connectivity index (χ0v) is 15.7. The van der Waals surface area contributed by atoms with Crippen LogP contribution in [-0.4, -0.2) is 47.8 Å². The maximum absolute atomic E-state index is 12.6. The minimum absolute atomic E-state index is 0.0604. The molecule has 0 atom stereocenters. The Morgan fingerprint density at radius 2 is 1.93 bits per heavy atom. The summed E-state index contributed by atoms with van der Waals surface area (Å²) < 4.78 is 5.32. The summed E-state index contributed by atoms with van der Waals surface area (Å²) in [4.78, 5) is 22.6. The van der Waals surface area contributed by atoms with E-state index in [9.17, 15) is 4.79 Å². The number of morpholine rings is 1. The van der Waals surface area contributed by atoms with Crippen LogP contribution in [0.5, 0.6) is 0 Å². The topological polar surface area (TPSA) is 57.7 Å². The molecule has 27 heavy (non-hydrogen) atoms. The van der Waals surface area contributed by atoms with Crippen LogP contribution in [0, 0.1) is 6.92 Å². The van der Waals surface area contributed by atoms with Crippen LogP contribution in [0.25, 0.3) is 10.9 Å². The van der Waals surface area contributed by atoms with E-state index in [0.717, 1.165) is 33.4 Å². The molecule has 1 aromatic heterocycles. The number of ether oxygens (including phenoxy) is 1. The Kier molecular flexibility index (Phi) is 4.77. The number of aromatic nitrogens is 1. The summed E-state index contributed by atoms with van der Waals surface area (Å²) >= 11 is 0. The normalized spacial score (nSPS) is 15.3. The summed E-state index contributed by atoms with van der Waals surface area (Å²) in [5.74, 6) is 0.0604. The third-order valence-electron chi connectivity index (χ3n) is 5.01. The number of nitrogens with one attached hydrogen (secondary N) is 1. The number of nitrogens with zero attached hydrogens (tertiary/aromatic N) is 2. The van der Waals surface area contributed by atoms with Gasteiger partial charge in [0.2, 0.25) is 0 Å². The standard InChI is InChI=1S/C22H23N3O2/c1-15-13-17(22(26)25-9-11-27-12-10-25)7-8-20(15)24-16(2)19-14-23-21-6-4-3-5-18(19)21/h3-8,13-14,23H,9-12H2,1-2H3. The Morgan fingerprint density at radius 1 is 1.15 bits per heavy atom. The van der Waals surface area contributed by atoms with Crippen molar-refractivity contribution in [1.82, 2.24) is 9.88 Å². The number of carbonyl (C=O) groups is 1. The second-order valence-electron chi connectivity index (χ2n) is 6.85. The number of carbonyl (C=O) groups excluding carboxylic acids is 1. The lowest BCUT2D eigenvalue weighted by atomic mass is 10.1. The molecule has 1 fully saturated rings. The van der Waals surface area contributed by atoms with Crippen molar-refractivity contribution in [2.75, 3.05) is 26.3 Å². The van der Waals surface area contributed by atoms with Crippen LogP contribution in [0.4, 0.5) is 5.69 Å². The molecular weight excluding hydrogens is 338 g/mol. The molecule has 1 amide bonds. The van der Waals surface area contributed by atoms with Gasteiger partial charge in [-0.2, -0.15) is 0 Å². The van der Waals surface area contributed by atoms with Crippen LogP contribution in [-0.2, 0) is 4.74 Å². The van der Waals surface area contributed by atoms with Gasteiger partial charge >= 0.3 is 0 Å². The minimum atomic E-state index is 0.0604. The van der Waals surface area contributed by atoms with E-state index in [1.165, 1.54) is 0 Å². The van der Waals surface area contributed by atoms with Crippen molar-refractivity contribution in [2.24, 2.45) is 4.99 Å². The maximum atomic E-state index is 12.6. The van der Waals surface area contributed by atoms with E-state index < -0.39 is 0 Å². The number of aryl methyl sites for hydroxylation is 1. The molecule has 0 unspecified atom stereocenters. The second kappa shape index (κ2) is 7.37. The summed E-state index contributed by atoms with van der Waals surface area (Å²) in [6.07, 6.45) is 2.00. The number of aromatic amines is 1. The highest BCUT2D eigenvalue weighted by Crippen LogP contribution is 2.24. The van der Waals surface area contributed by atoms with E-state index in [-0.39, 0.29) is 5.91 Å². The summed E-state index contributed by atoms with van der Waals surface area (Å²) in [7, 11) is 0. The van der Waals surface area contributed by atoms with Crippen LogP contribution in [0.1, 0.15) is 28.4 Å². The average molecular weight is 361 g/mol. The largest absolute Gasteiger partial charge is 0.378 e. The number of fused-ring (bicyclic) bond motifs is 1. The molecule has 2 aromatic carbocycles. The van der Waals surface area contributed by atoms with Gasteiger partial charge < -0.3 is 14.6 Å². The lowest BCUT2D eigenvalue weighted by Gasteiger charge is -2.27. The summed E-state index contributed by atoms with van der Waals surface area (Å²) in [6.45, 7) is 6.53. The number of aliphatic imine (C=N–C) groups is 1. The number of hydrogen-bond donors (Lipinski definition) is 1. The van der Waals surface area contributed by atoms with Crippen LogP contribution in [0.3, 0.4) is 0 Å². The van der Waals surface area contributed by atoms with Crippen molar-refractivity contribution in [3.05, 3.63) is 65.4 Å². The number of benzene rings is 2. The first kappa shape index (κ1) is 17.5. The molecule has 5 nitrogen and oxygen atoms in total. The van der Waals surface area contributed by atoms with E-state index >= 15 is 0 Å². The Labute approximate surface area is 158 Å². The molecule has 2 heterocycles. The van der Waals surface area contributed by atoms with E-state index in [4.69, 9.17) is 9.73 Å². The molecule has 138 valence electrons. The zero-order valence-electron chi connectivity index (χ0n) is 15.7. The SMILES string of the molecule is CC(=Nc1ccc(C(=O)N2CCOCC2)cc1C)c1c[nH]c2ccccc12. The van der Waals surface area contributed by atoms with Gasteiger partial charge in [-0.05, 0) is 43.7 Å². The van der Waals surface area contributed by atoms with E-state index in [1.807, 2.05) is 55.3 Å². The highest BCUT2D eigenvalue weighted by atomic mass is 16.5. The van der Waals surface area contributed by atoms with Gasteiger partial charge in [-0.1, -0.05) is 18.2 Å². The Morgan fingerprint density at radius 3 is 2.70 bits per heavy atom. The summed E-state index contributed by atoms with van der Waals surface area (Å²) in [5, 5.41) is 1.16. The fourth-order valence-electron chi connectivity index (χ4n) is 3.47. The first-order valence-corrected chi connectivity index (χ1v) is 9.23. The molecule has 1 aliphatic rings. The van der Waals surface area contributed by atoms with Gasteiger partial charge in [-0.3, -0.25) is 9.79 Å². The molecule has 0 spiro atoms. The van der Waals surface area contributed by atoms with Crippen molar-refractivity contribution < 1.29 is 9.53 Å². The molecule has 0 saturated carbocycles. The third kappa shape index (κ3) is 3.51. The van der Waals surface area contributed by atoms with Crippen LogP contribution in [0.2, 0.25) is 0 Å². The molecule has 1 saturated heterocycles. The molecule has 1 N–H and O–H groups in total. The van der Waals surface area contributed by atoms with Crippen molar-refractivity contribution in [1.29, 1.82) is 0 Å². The molecule has 3 aromatic rings. The Balaban J connectivity index is 1.60. The van der Waals surface area contributed by atoms with Gasteiger partial charge in [0, 0.05) is 47.0 Å². The van der Waals surface area contributed by atoms with Crippen molar-refractivity contribution in [2.45, 2.75) is 13.8 Å². The van der Waals surface area contributed by atoms with Gasteiger partial charge in [0.25, 0.3) is 5.91 Å². The van der Waals surface area contributed by atoms with Crippen LogP contribution < -0.4 is 0 Å². The summed E-state index contributed by atoms with van der Waals surface area (Å²) in [5.41, 5.74) is 5.73. The predicted molar refractivity (Wildman–Crippen MR) is 108 cm³/mol. The predicted octanol–water partition coefficient (Wildman–Crippen LogP) is 4.09. The first-order chi connectivity index (χ1) is 13.1. The van der Waals surface area contributed by atoms with E-state index in [2.05, 4.69) is 17.1 Å². The molecule has 5 heteroatoms. The molecule has 1 aliphatic heterocycles.